The molecule has 3 rings (SSSR count). The zero-order chi connectivity index (χ0) is 14.9. The molecule has 2 unspecified atom stereocenters. The number of aliphatic hydroxyl groups excluding tert-OH is 1. The lowest BCUT2D eigenvalue weighted by Gasteiger charge is -2.27. The normalized spacial score (nSPS) is 19.2. The van der Waals surface area contributed by atoms with E-state index >= 15 is 0 Å². The molecule has 1 saturated carbocycles. The highest BCUT2D eigenvalue weighted by Crippen LogP contribution is 2.51. The van der Waals surface area contributed by atoms with Gasteiger partial charge in [0.25, 0.3) is 0 Å². The first-order valence-electron chi connectivity index (χ1n) is 6.99. The summed E-state index contributed by atoms with van der Waals surface area (Å²) in [5.74, 6) is 0.752. The van der Waals surface area contributed by atoms with E-state index in [1.807, 2.05) is 24.3 Å². The van der Waals surface area contributed by atoms with Crippen LogP contribution in [0, 0.1) is 5.41 Å². The van der Waals surface area contributed by atoms with E-state index in [4.69, 9.17) is 11.6 Å². The van der Waals surface area contributed by atoms with Gasteiger partial charge in [0.1, 0.15) is 12.7 Å². The Kier molecular flexibility index (Phi) is 4.24. The van der Waals surface area contributed by atoms with Crippen LogP contribution in [0.25, 0.3) is 0 Å². The van der Waals surface area contributed by atoms with E-state index in [1.54, 1.807) is 22.8 Å². The fourth-order valence-electron chi connectivity index (χ4n) is 2.37. The van der Waals surface area contributed by atoms with E-state index in [0.717, 1.165) is 28.5 Å². The number of aliphatic hydroxyl groups is 1. The van der Waals surface area contributed by atoms with Crippen molar-refractivity contribution in [3.8, 4) is 0 Å². The van der Waals surface area contributed by atoms with Crippen LogP contribution in [0.15, 0.2) is 41.8 Å². The first-order chi connectivity index (χ1) is 10.1. The van der Waals surface area contributed by atoms with Crippen molar-refractivity contribution < 1.29 is 5.11 Å². The molecule has 1 aromatic carbocycles. The molecular weight excluding hydrogens is 306 g/mol. The van der Waals surface area contributed by atoms with Gasteiger partial charge in [0.05, 0.1) is 12.1 Å². The molecule has 112 valence electrons. The Bertz CT molecular complexity index is 583. The quantitative estimate of drug-likeness (QED) is 0.827. The van der Waals surface area contributed by atoms with Gasteiger partial charge >= 0.3 is 0 Å². The largest absolute Gasteiger partial charge is 0.390 e. The smallest absolute Gasteiger partial charge is 0.137 e. The molecule has 21 heavy (non-hydrogen) atoms. The van der Waals surface area contributed by atoms with Crippen molar-refractivity contribution in [1.82, 2.24) is 14.8 Å². The van der Waals surface area contributed by atoms with Crippen LogP contribution in [-0.2, 0) is 0 Å². The molecule has 2 atom stereocenters. The first-order valence-corrected chi connectivity index (χ1v) is 8.35. The summed E-state index contributed by atoms with van der Waals surface area (Å²) in [6.07, 6.45) is 4.94. The number of hydrogen-bond donors (Lipinski definition) is 1. The maximum absolute atomic E-state index is 10.7. The average Bonchev–Trinajstić information content (AvgIpc) is 3.02. The Morgan fingerprint density at radius 2 is 2.10 bits per heavy atom. The summed E-state index contributed by atoms with van der Waals surface area (Å²) in [6.45, 7) is 2.13. The lowest BCUT2D eigenvalue weighted by Crippen LogP contribution is -2.33. The van der Waals surface area contributed by atoms with Crippen molar-refractivity contribution in [2.75, 3.05) is 5.75 Å². The highest BCUT2D eigenvalue weighted by atomic mass is 35.5. The second-order valence-corrected chi connectivity index (χ2v) is 7.34. The van der Waals surface area contributed by atoms with E-state index in [1.165, 1.54) is 6.33 Å². The lowest BCUT2D eigenvalue weighted by molar-refractivity contribution is 0.0541. The van der Waals surface area contributed by atoms with Crippen LogP contribution >= 0.6 is 23.4 Å². The number of aromatic nitrogens is 3. The molecule has 0 aliphatic heterocycles. The Morgan fingerprint density at radius 1 is 1.38 bits per heavy atom. The zero-order valence-electron chi connectivity index (χ0n) is 11.8. The molecular formula is C15H18ClN3OS. The van der Waals surface area contributed by atoms with Crippen LogP contribution in [0.1, 0.15) is 25.8 Å². The number of benzene rings is 1. The summed E-state index contributed by atoms with van der Waals surface area (Å²) in [5.41, 5.74) is 0.0250. The Balaban J connectivity index is 1.72. The Hall–Kier alpha value is -1.04. The zero-order valence-corrected chi connectivity index (χ0v) is 13.4. The van der Waals surface area contributed by atoms with Crippen LogP contribution in [0.3, 0.4) is 0 Å². The van der Waals surface area contributed by atoms with Crippen LogP contribution < -0.4 is 0 Å². The van der Waals surface area contributed by atoms with Crippen LogP contribution in [-0.4, -0.2) is 31.7 Å². The minimum absolute atomic E-state index is 0.0250. The fraction of sp³-hybridized carbons (Fsp3) is 0.467. The van der Waals surface area contributed by atoms with Gasteiger partial charge < -0.3 is 5.11 Å². The van der Waals surface area contributed by atoms with E-state index in [9.17, 15) is 5.11 Å². The minimum atomic E-state index is -0.404. The molecule has 0 radical (unpaired) electrons. The SMILES string of the molecule is CC1(C(O)C(CSc2ccc(Cl)cc2)n2cncn2)CC1. The summed E-state index contributed by atoms with van der Waals surface area (Å²) < 4.78 is 1.77. The fourth-order valence-corrected chi connectivity index (χ4v) is 3.52. The minimum Gasteiger partial charge on any atom is -0.390 e. The summed E-state index contributed by atoms with van der Waals surface area (Å²) >= 11 is 7.60. The monoisotopic (exact) mass is 323 g/mol. The van der Waals surface area contributed by atoms with Gasteiger partial charge in [0, 0.05) is 15.7 Å². The number of thioether (sulfide) groups is 1. The predicted octanol–water partition coefficient (Wildman–Crippen LogP) is 3.43. The molecule has 0 spiro atoms. The van der Waals surface area contributed by atoms with Crippen molar-refractivity contribution in [2.24, 2.45) is 5.41 Å². The van der Waals surface area contributed by atoms with Crippen LogP contribution in [0.5, 0.6) is 0 Å². The van der Waals surface area contributed by atoms with Crippen LogP contribution in [0.4, 0.5) is 0 Å². The van der Waals surface area contributed by atoms with Crippen molar-refractivity contribution in [3.63, 3.8) is 0 Å². The van der Waals surface area contributed by atoms with Crippen molar-refractivity contribution in [3.05, 3.63) is 41.9 Å². The Morgan fingerprint density at radius 3 is 2.67 bits per heavy atom. The summed E-state index contributed by atoms with van der Waals surface area (Å²) in [7, 11) is 0. The molecule has 0 bridgehead atoms. The highest BCUT2D eigenvalue weighted by Gasteiger charge is 2.48. The number of nitrogens with zero attached hydrogens (tertiary/aromatic N) is 3. The van der Waals surface area contributed by atoms with Crippen molar-refractivity contribution in [2.45, 2.75) is 36.8 Å². The number of halogens is 1. The molecule has 2 aromatic rings. The maximum atomic E-state index is 10.7. The summed E-state index contributed by atoms with van der Waals surface area (Å²) in [4.78, 5) is 5.15. The standard InChI is InChI=1S/C15H18ClN3OS/c1-15(6-7-15)14(20)13(19-10-17-9-18-19)8-21-12-4-2-11(16)3-5-12/h2-5,9-10,13-14,20H,6-8H2,1H3. The topological polar surface area (TPSA) is 50.9 Å². The molecule has 1 aliphatic rings. The summed E-state index contributed by atoms with van der Waals surface area (Å²) in [5, 5.41) is 15.6. The molecule has 1 aliphatic carbocycles. The number of rotatable bonds is 6. The van der Waals surface area contributed by atoms with Crippen molar-refractivity contribution in [1.29, 1.82) is 0 Å². The highest BCUT2D eigenvalue weighted by molar-refractivity contribution is 7.99. The van der Waals surface area contributed by atoms with E-state index < -0.39 is 6.10 Å². The molecule has 4 nitrogen and oxygen atoms in total. The number of hydrogen-bond acceptors (Lipinski definition) is 4. The predicted molar refractivity (Wildman–Crippen MR) is 84.6 cm³/mol. The van der Waals surface area contributed by atoms with Gasteiger partial charge in [0.15, 0.2) is 0 Å². The van der Waals surface area contributed by atoms with Gasteiger partial charge in [-0.1, -0.05) is 18.5 Å². The van der Waals surface area contributed by atoms with Gasteiger partial charge in [-0.2, -0.15) is 5.10 Å². The molecule has 1 fully saturated rings. The van der Waals surface area contributed by atoms with E-state index in [-0.39, 0.29) is 11.5 Å². The molecule has 1 N–H and O–H groups in total. The third kappa shape index (κ3) is 3.42. The molecule has 0 amide bonds. The van der Waals surface area contributed by atoms with Gasteiger partial charge in [-0.05, 0) is 42.5 Å². The van der Waals surface area contributed by atoms with Crippen molar-refractivity contribution >= 4 is 23.4 Å². The maximum Gasteiger partial charge on any atom is 0.137 e. The lowest BCUT2D eigenvalue weighted by atomic mass is 9.96. The van der Waals surface area contributed by atoms with Gasteiger partial charge in [0.2, 0.25) is 0 Å². The average molecular weight is 324 g/mol. The molecule has 0 saturated heterocycles. The Labute approximate surface area is 133 Å². The third-order valence-electron chi connectivity index (χ3n) is 4.13. The van der Waals surface area contributed by atoms with E-state index in [2.05, 4.69) is 17.0 Å². The third-order valence-corrected chi connectivity index (χ3v) is 5.49. The first kappa shape index (κ1) is 14.9. The second-order valence-electron chi connectivity index (χ2n) is 5.81. The second kappa shape index (κ2) is 5.99. The molecule has 1 aromatic heterocycles. The van der Waals surface area contributed by atoms with Gasteiger partial charge in [-0.15, -0.1) is 11.8 Å². The summed E-state index contributed by atoms with van der Waals surface area (Å²) in [6, 6.07) is 7.69. The van der Waals surface area contributed by atoms with Gasteiger partial charge in [-0.3, -0.25) is 0 Å². The van der Waals surface area contributed by atoms with Crippen LogP contribution in [0.2, 0.25) is 5.02 Å². The molecule has 6 heteroatoms. The van der Waals surface area contributed by atoms with E-state index in [0.29, 0.717) is 0 Å². The van der Waals surface area contributed by atoms with Gasteiger partial charge in [-0.25, -0.2) is 9.67 Å². The molecule has 1 heterocycles.